The molecule has 0 fully saturated rings. The molecule has 0 atom stereocenters. The molecule has 1 heterocycles. The van der Waals surface area contributed by atoms with Crippen LogP contribution in [0.15, 0.2) is 23.1 Å². The minimum Gasteiger partial charge on any atom is -0.462 e. The minimum absolute atomic E-state index is 0.0618. The number of nitro benzene ring substituents is 1. The zero-order valence-electron chi connectivity index (χ0n) is 17.2. The highest BCUT2D eigenvalue weighted by Crippen LogP contribution is 2.25. The van der Waals surface area contributed by atoms with Crippen molar-refractivity contribution in [1.29, 1.82) is 0 Å². The van der Waals surface area contributed by atoms with Crippen LogP contribution in [0.3, 0.4) is 0 Å². The van der Waals surface area contributed by atoms with Crippen LogP contribution in [0.25, 0.3) is 0 Å². The summed E-state index contributed by atoms with van der Waals surface area (Å²) in [5.74, 6) is -2.28. The van der Waals surface area contributed by atoms with Gasteiger partial charge in [-0.3, -0.25) is 14.9 Å². The van der Waals surface area contributed by atoms with Crippen molar-refractivity contribution in [2.24, 2.45) is 0 Å². The zero-order valence-corrected chi connectivity index (χ0v) is 18.0. The van der Waals surface area contributed by atoms with Crippen molar-refractivity contribution < 1.29 is 37.2 Å². The van der Waals surface area contributed by atoms with Crippen LogP contribution in [0.1, 0.15) is 49.4 Å². The molecule has 0 saturated heterocycles. The van der Waals surface area contributed by atoms with Crippen LogP contribution in [-0.4, -0.2) is 55.5 Å². The maximum Gasteiger partial charge on any atom is 0.340 e. The average Bonchev–Trinajstić information content (AvgIpc) is 2.99. The van der Waals surface area contributed by atoms with E-state index >= 15 is 0 Å². The minimum atomic E-state index is -3.89. The van der Waals surface area contributed by atoms with Crippen LogP contribution in [0, 0.1) is 24.0 Å². The third-order valence-corrected chi connectivity index (χ3v) is 5.47. The molecule has 0 bridgehead atoms. The van der Waals surface area contributed by atoms with Crippen LogP contribution < -0.4 is 0 Å². The number of nitro groups is 1. The lowest BCUT2D eigenvalue weighted by atomic mass is 10.1. The summed E-state index contributed by atoms with van der Waals surface area (Å²) in [7, 11) is -3.89. The number of nitrogens with one attached hydrogen (secondary N) is 1. The molecule has 0 unspecified atom stereocenters. The fourth-order valence-corrected chi connectivity index (χ4v) is 3.75. The summed E-state index contributed by atoms with van der Waals surface area (Å²) in [6, 6.07) is 2.75. The van der Waals surface area contributed by atoms with Crippen LogP contribution in [0.2, 0.25) is 0 Å². The quantitative estimate of drug-likeness (QED) is 0.273. The average molecular weight is 452 g/mol. The summed E-state index contributed by atoms with van der Waals surface area (Å²) in [6.07, 6.45) is 0.803. The van der Waals surface area contributed by atoms with Gasteiger partial charge in [0.25, 0.3) is 5.69 Å². The van der Waals surface area contributed by atoms with Gasteiger partial charge in [-0.25, -0.2) is 18.0 Å². The molecule has 1 N–H and O–H groups in total. The second kappa shape index (κ2) is 9.08. The predicted octanol–water partition coefficient (Wildman–Crippen LogP) is 2.16. The number of rotatable bonds is 8. The molecule has 1 aromatic carbocycles. The van der Waals surface area contributed by atoms with Crippen LogP contribution in [0.5, 0.6) is 0 Å². The molecule has 0 aliphatic rings. The van der Waals surface area contributed by atoms with Crippen LogP contribution >= 0.6 is 0 Å². The molecule has 166 valence electrons. The number of ketones is 1. The molecule has 0 amide bonds. The van der Waals surface area contributed by atoms with E-state index in [-0.39, 0.29) is 23.4 Å². The fourth-order valence-electron chi connectivity index (χ4n) is 2.93. The standard InChI is InChI=1S/C19H20N2O9S/c1-5-29-19(24)16-10(2)17(20-11(16)3)14(22)9-30-18(23)12-6-7-15(31(4,27)28)13(8-12)21(25)26/h6-8,20H,5,9H2,1-4H3. The topological polar surface area (TPSA) is 163 Å². The number of aromatic amines is 1. The van der Waals surface area contributed by atoms with E-state index in [2.05, 4.69) is 4.98 Å². The molecule has 0 saturated carbocycles. The van der Waals surface area contributed by atoms with Crippen molar-refractivity contribution in [2.45, 2.75) is 25.7 Å². The van der Waals surface area contributed by atoms with Gasteiger partial charge in [-0.15, -0.1) is 0 Å². The third kappa shape index (κ3) is 5.15. The van der Waals surface area contributed by atoms with Gasteiger partial charge >= 0.3 is 11.9 Å². The third-order valence-electron chi connectivity index (χ3n) is 4.32. The Morgan fingerprint density at radius 1 is 1.13 bits per heavy atom. The first-order chi connectivity index (χ1) is 14.4. The Labute approximate surface area is 177 Å². The largest absolute Gasteiger partial charge is 0.462 e. The van der Waals surface area contributed by atoms with E-state index < -0.39 is 49.7 Å². The van der Waals surface area contributed by atoms with E-state index in [1.807, 2.05) is 0 Å². The summed E-state index contributed by atoms with van der Waals surface area (Å²) < 4.78 is 33.2. The fraction of sp³-hybridized carbons (Fsp3) is 0.316. The highest BCUT2D eigenvalue weighted by molar-refractivity contribution is 7.90. The molecule has 2 rings (SSSR count). The molecular formula is C19H20N2O9S. The number of esters is 2. The smallest absolute Gasteiger partial charge is 0.340 e. The number of carbonyl (C=O) groups is 3. The molecular weight excluding hydrogens is 432 g/mol. The number of Topliss-reactive ketones (excluding diaryl/α,β-unsaturated/α-hetero) is 1. The van der Waals surface area contributed by atoms with Gasteiger partial charge in [0.2, 0.25) is 5.78 Å². The van der Waals surface area contributed by atoms with Crippen molar-refractivity contribution in [3.8, 4) is 0 Å². The van der Waals surface area contributed by atoms with Gasteiger partial charge in [-0.05, 0) is 38.5 Å². The molecule has 31 heavy (non-hydrogen) atoms. The second-order valence-corrected chi connectivity index (χ2v) is 8.54. The monoisotopic (exact) mass is 452 g/mol. The first-order valence-electron chi connectivity index (χ1n) is 8.93. The van der Waals surface area contributed by atoms with Gasteiger partial charge in [-0.1, -0.05) is 0 Å². The van der Waals surface area contributed by atoms with Gasteiger partial charge in [0.1, 0.15) is 4.90 Å². The van der Waals surface area contributed by atoms with E-state index in [4.69, 9.17) is 9.47 Å². The summed E-state index contributed by atoms with van der Waals surface area (Å²) in [6.45, 7) is 4.23. The number of hydrogen-bond acceptors (Lipinski definition) is 9. The predicted molar refractivity (Wildman–Crippen MR) is 107 cm³/mol. The van der Waals surface area contributed by atoms with Crippen molar-refractivity contribution >= 4 is 33.2 Å². The van der Waals surface area contributed by atoms with Gasteiger partial charge in [0, 0.05) is 18.0 Å². The van der Waals surface area contributed by atoms with Crippen molar-refractivity contribution in [1.82, 2.24) is 4.98 Å². The Bertz CT molecular complexity index is 1180. The van der Waals surface area contributed by atoms with Crippen LogP contribution in [0.4, 0.5) is 5.69 Å². The highest BCUT2D eigenvalue weighted by atomic mass is 32.2. The maximum absolute atomic E-state index is 12.5. The van der Waals surface area contributed by atoms with Crippen LogP contribution in [-0.2, 0) is 19.3 Å². The Morgan fingerprint density at radius 2 is 1.77 bits per heavy atom. The maximum atomic E-state index is 12.5. The Hall–Kier alpha value is -3.54. The van der Waals surface area contributed by atoms with Crippen molar-refractivity contribution in [3.63, 3.8) is 0 Å². The number of hydrogen-bond donors (Lipinski definition) is 1. The molecule has 0 radical (unpaired) electrons. The van der Waals surface area contributed by atoms with Crippen molar-refractivity contribution in [3.05, 3.63) is 56.4 Å². The first-order valence-corrected chi connectivity index (χ1v) is 10.8. The number of aromatic nitrogens is 1. The number of ether oxygens (including phenoxy) is 2. The number of benzene rings is 1. The molecule has 2 aromatic rings. The summed E-state index contributed by atoms with van der Waals surface area (Å²) >= 11 is 0. The first kappa shape index (κ1) is 23.7. The second-order valence-electron chi connectivity index (χ2n) is 6.56. The Kier molecular flexibility index (Phi) is 6.95. The zero-order chi connectivity index (χ0) is 23.5. The van der Waals surface area contributed by atoms with Gasteiger partial charge in [-0.2, -0.15) is 0 Å². The summed E-state index contributed by atoms with van der Waals surface area (Å²) in [4.78, 5) is 49.2. The molecule has 0 aliphatic carbocycles. The van der Waals surface area contributed by atoms with E-state index in [1.165, 1.54) is 6.92 Å². The van der Waals surface area contributed by atoms with Gasteiger partial charge < -0.3 is 14.5 Å². The lowest BCUT2D eigenvalue weighted by molar-refractivity contribution is -0.387. The van der Waals surface area contributed by atoms with Gasteiger partial charge in [0.05, 0.1) is 28.4 Å². The lowest BCUT2D eigenvalue weighted by Gasteiger charge is -2.06. The van der Waals surface area contributed by atoms with E-state index in [0.717, 1.165) is 24.5 Å². The van der Waals surface area contributed by atoms with Crippen molar-refractivity contribution in [2.75, 3.05) is 19.5 Å². The number of sulfone groups is 1. The molecule has 11 nitrogen and oxygen atoms in total. The number of aryl methyl sites for hydroxylation is 1. The Morgan fingerprint density at radius 3 is 2.32 bits per heavy atom. The molecule has 1 aromatic heterocycles. The number of carbonyl (C=O) groups excluding carboxylic acids is 3. The summed E-state index contributed by atoms with van der Waals surface area (Å²) in [5, 5.41) is 11.2. The van der Waals surface area contributed by atoms with E-state index in [0.29, 0.717) is 11.3 Å². The normalized spacial score (nSPS) is 11.1. The SMILES string of the molecule is CCOC(=O)c1c(C)[nH]c(C(=O)COC(=O)c2ccc(S(C)(=O)=O)c([N+](=O)[O-])c2)c1C. The molecule has 12 heteroatoms. The number of nitrogens with zero attached hydrogens (tertiary/aromatic N) is 1. The molecule has 0 spiro atoms. The number of H-pyrrole nitrogens is 1. The lowest BCUT2D eigenvalue weighted by Crippen LogP contribution is -2.16. The highest BCUT2D eigenvalue weighted by Gasteiger charge is 2.26. The van der Waals surface area contributed by atoms with E-state index in [9.17, 15) is 32.9 Å². The van der Waals surface area contributed by atoms with E-state index in [1.54, 1.807) is 13.8 Å². The molecule has 0 aliphatic heterocycles. The van der Waals surface area contributed by atoms with Gasteiger partial charge in [0.15, 0.2) is 16.4 Å². The summed E-state index contributed by atoms with van der Waals surface area (Å²) in [5.41, 5.74) is -0.0466. The Balaban J connectivity index is 2.21.